The van der Waals surface area contributed by atoms with Crippen molar-refractivity contribution < 1.29 is 4.79 Å². The van der Waals surface area contributed by atoms with Crippen LogP contribution in [0.2, 0.25) is 0 Å². The smallest absolute Gasteiger partial charge is 0.320 e. The highest BCUT2D eigenvalue weighted by Crippen LogP contribution is 2.29. The summed E-state index contributed by atoms with van der Waals surface area (Å²) in [4.78, 5) is 20.6. The SMILES string of the molecule is O=C(N1CCNCC1)N1Cc2[nH]nc(Nc3ccccn3)c2C1. The van der Waals surface area contributed by atoms with Crippen LogP contribution in [-0.4, -0.2) is 57.2 Å². The predicted molar refractivity (Wildman–Crippen MR) is 85.2 cm³/mol. The number of hydrogen-bond acceptors (Lipinski definition) is 5. The molecule has 2 amide bonds. The van der Waals surface area contributed by atoms with Crippen molar-refractivity contribution in [3.05, 3.63) is 35.7 Å². The van der Waals surface area contributed by atoms with Crippen LogP contribution in [0.3, 0.4) is 0 Å². The Hall–Kier alpha value is -2.61. The van der Waals surface area contributed by atoms with Crippen molar-refractivity contribution in [3.8, 4) is 0 Å². The van der Waals surface area contributed by atoms with Gasteiger partial charge in [0.25, 0.3) is 0 Å². The molecular weight excluding hydrogens is 294 g/mol. The maximum Gasteiger partial charge on any atom is 0.320 e. The zero-order chi connectivity index (χ0) is 15.6. The summed E-state index contributed by atoms with van der Waals surface area (Å²) >= 11 is 0. The number of nitrogens with one attached hydrogen (secondary N) is 3. The lowest BCUT2D eigenvalue weighted by atomic mass is 10.3. The number of H-pyrrole nitrogens is 1. The van der Waals surface area contributed by atoms with Gasteiger partial charge in [-0.05, 0) is 12.1 Å². The second-order valence-corrected chi connectivity index (χ2v) is 5.74. The summed E-state index contributed by atoms with van der Waals surface area (Å²) in [5.74, 6) is 1.49. The molecule has 4 rings (SSSR count). The number of amides is 2. The Bertz CT molecular complexity index is 693. The number of piperazine rings is 1. The number of hydrogen-bond donors (Lipinski definition) is 3. The fourth-order valence-corrected chi connectivity index (χ4v) is 2.99. The number of nitrogens with zero attached hydrogens (tertiary/aromatic N) is 4. The monoisotopic (exact) mass is 313 g/mol. The van der Waals surface area contributed by atoms with Gasteiger partial charge in [-0.1, -0.05) is 6.07 Å². The minimum absolute atomic E-state index is 0.0971. The summed E-state index contributed by atoms with van der Waals surface area (Å²) in [6.07, 6.45) is 1.73. The van der Waals surface area contributed by atoms with E-state index in [0.29, 0.717) is 13.1 Å². The van der Waals surface area contributed by atoms with Crippen molar-refractivity contribution in [1.82, 2.24) is 30.3 Å². The molecule has 0 bridgehead atoms. The van der Waals surface area contributed by atoms with Crippen LogP contribution in [0, 0.1) is 0 Å². The molecule has 2 aliphatic rings. The molecule has 1 fully saturated rings. The minimum atomic E-state index is 0.0971. The fraction of sp³-hybridized carbons (Fsp3) is 0.400. The van der Waals surface area contributed by atoms with Gasteiger partial charge in [0.2, 0.25) is 0 Å². The molecule has 2 aromatic rings. The Morgan fingerprint density at radius 3 is 2.83 bits per heavy atom. The van der Waals surface area contributed by atoms with E-state index in [4.69, 9.17) is 0 Å². The molecule has 4 heterocycles. The van der Waals surface area contributed by atoms with Crippen molar-refractivity contribution in [1.29, 1.82) is 0 Å². The van der Waals surface area contributed by atoms with Crippen LogP contribution in [0.1, 0.15) is 11.3 Å². The molecule has 0 aromatic carbocycles. The zero-order valence-corrected chi connectivity index (χ0v) is 12.7. The van der Waals surface area contributed by atoms with Crippen LogP contribution in [0.15, 0.2) is 24.4 Å². The van der Waals surface area contributed by atoms with Gasteiger partial charge in [-0.3, -0.25) is 5.10 Å². The summed E-state index contributed by atoms with van der Waals surface area (Å²) < 4.78 is 0. The summed E-state index contributed by atoms with van der Waals surface area (Å²) in [6.45, 7) is 4.40. The van der Waals surface area contributed by atoms with E-state index in [1.54, 1.807) is 6.20 Å². The van der Waals surface area contributed by atoms with Gasteiger partial charge in [-0.15, -0.1) is 0 Å². The van der Waals surface area contributed by atoms with Gasteiger partial charge in [0.1, 0.15) is 5.82 Å². The van der Waals surface area contributed by atoms with Crippen molar-refractivity contribution in [3.63, 3.8) is 0 Å². The van der Waals surface area contributed by atoms with Gasteiger partial charge >= 0.3 is 6.03 Å². The van der Waals surface area contributed by atoms with Crippen LogP contribution in [0.5, 0.6) is 0 Å². The molecule has 0 aliphatic carbocycles. The van der Waals surface area contributed by atoms with Crippen molar-refractivity contribution in [2.45, 2.75) is 13.1 Å². The quantitative estimate of drug-likeness (QED) is 0.766. The first kappa shape index (κ1) is 14.0. The molecule has 0 atom stereocenters. The second kappa shape index (κ2) is 5.88. The Morgan fingerprint density at radius 2 is 2.04 bits per heavy atom. The Labute approximate surface area is 133 Å². The highest BCUT2D eigenvalue weighted by Gasteiger charge is 2.31. The van der Waals surface area contributed by atoms with Crippen molar-refractivity contribution in [2.75, 3.05) is 31.5 Å². The second-order valence-electron chi connectivity index (χ2n) is 5.74. The molecule has 2 aromatic heterocycles. The molecule has 1 saturated heterocycles. The van der Waals surface area contributed by atoms with Crippen LogP contribution >= 0.6 is 0 Å². The number of urea groups is 1. The molecule has 120 valence electrons. The summed E-state index contributed by atoms with van der Waals surface area (Å²) in [5.41, 5.74) is 2.03. The molecule has 0 saturated carbocycles. The minimum Gasteiger partial charge on any atom is -0.323 e. The first-order chi connectivity index (χ1) is 11.3. The van der Waals surface area contributed by atoms with E-state index < -0.39 is 0 Å². The number of fused-ring (bicyclic) bond motifs is 1. The molecule has 2 aliphatic heterocycles. The van der Waals surface area contributed by atoms with E-state index in [9.17, 15) is 4.79 Å². The third-order valence-corrected chi connectivity index (χ3v) is 4.22. The highest BCUT2D eigenvalue weighted by atomic mass is 16.2. The van der Waals surface area contributed by atoms with Crippen molar-refractivity contribution in [2.24, 2.45) is 0 Å². The normalized spacial score (nSPS) is 17.2. The molecule has 8 nitrogen and oxygen atoms in total. The van der Waals surface area contributed by atoms with Crippen molar-refractivity contribution >= 4 is 17.7 Å². The van der Waals surface area contributed by atoms with Gasteiger partial charge in [0, 0.05) is 37.9 Å². The maximum absolute atomic E-state index is 12.6. The number of carbonyl (C=O) groups excluding carboxylic acids is 1. The summed E-state index contributed by atoms with van der Waals surface area (Å²) in [6, 6.07) is 5.77. The first-order valence-corrected chi connectivity index (χ1v) is 7.80. The van der Waals surface area contributed by atoms with E-state index in [1.165, 1.54) is 0 Å². The zero-order valence-electron chi connectivity index (χ0n) is 12.7. The highest BCUT2D eigenvalue weighted by molar-refractivity contribution is 5.76. The van der Waals surface area contributed by atoms with Crippen LogP contribution in [0.4, 0.5) is 16.4 Å². The average Bonchev–Trinajstić information content (AvgIpc) is 3.18. The van der Waals surface area contributed by atoms with Crippen LogP contribution < -0.4 is 10.6 Å². The van der Waals surface area contributed by atoms with Gasteiger partial charge in [-0.25, -0.2) is 9.78 Å². The Balaban J connectivity index is 1.46. The summed E-state index contributed by atoms with van der Waals surface area (Å²) in [5, 5.41) is 13.8. The van der Waals surface area contributed by atoms with E-state index in [0.717, 1.165) is 49.1 Å². The average molecular weight is 313 g/mol. The standard InChI is InChI=1S/C15H19N7O/c23-15(21-7-5-16-6-8-21)22-9-11-12(10-22)19-20-14(11)18-13-3-1-2-4-17-13/h1-4,16H,5-10H2,(H2,17,18,19,20). The van der Waals surface area contributed by atoms with Gasteiger partial charge in [0.15, 0.2) is 5.82 Å². The van der Waals surface area contributed by atoms with E-state index in [2.05, 4.69) is 25.8 Å². The number of carbonyl (C=O) groups is 1. The molecule has 0 unspecified atom stereocenters. The fourth-order valence-electron chi connectivity index (χ4n) is 2.99. The number of rotatable bonds is 2. The van der Waals surface area contributed by atoms with E-state index in [1.807, 2.05) is 28.0 Å². The largest absolute Gasteiger partial charge is 0.323 e. The molecule has 8 heteroatoms. The van der Waals surface area contributed by atoms with Gasteiger partial charge in [-0.2, -0.15) is 5.10 Å². The lowest BCUT2D eigenvalue weighted by Gasteiger charge is -2.31. The Morgan fingerprint density at radius 1 is 1.17 bits per heavy atom. The third-order valence-electron chi connectivity index (χ3n) is 4.22. The van der Waals surface area contributed by atoms with E-state index in [-0.39, 0.29) is 6.03 Å². The van der Waals surface area contributed by atoms with E-state index >= 15 is 0 Å². The number of aromatic nitrogens is 3. The van der Waals surface area contributed by atoms with Gasteiger partial charge < -0.3 is 20.4 Å². The number of aromatic amines is 1. The number of anilines is 2. The Kier molecular flexibility index (Phi) is 3.58. The topological polar surface area (TPSA) is 89.2 Å². The van der Waals surface area contributed by atoms with Crippen LogP contribution in [-0.2, 0) is 13.1 Å². The predicted octanol–water partition coefficient (Wildman–Crippen LogP) is 0.889. The third kappa shape index (κ3) is 2.72. The number of pyridine rings is 1. The lowest BCUT2D eigenvalue weighted by molar-refractivity contribution is 0.146. The molecular formula is C15H19N7O. The van der Waals surface area contributed by atoms with Crippen LogP contribution in [0.25, 0.3) is 0 Å². The molecule has 0 spiro atoms. The summed E-state index contributed by atoms with van der Waals surface area (Å²) in [7, 11) is 0. The first-order valence-electron chi connectivity index (χ1n) is 7.80. The molecule has 23 heavy (non-hydrogen) atoms. The molecule has 0 radical (unpaired) electrons. The van der Waals surface area contributed by atoms with Gasteiger partial charge in [0.05, 0.1) is 18.8 Å². The maximum atomic E-state index is 12.6. The molecule has 3 N–H and O–H groups in total. The lowest BCUT2D eigenvalue weighted by Crippen LogP contribution is -2.50.